The quantitative estimate of drug-likeness (QED) is 0.519. The van der Waals surface area contributed by atoms with Gasteiger partial charge in [-0.25, -0.2) is 5.90 Å². The molecule has 0 aromatic heterocycles. The van der Waals surface area contributed by atoms with Gasteiger partial charge in [0, 0.05) is 12.1 Å². The summed E-state index contributed by atoms with van der Waals surface area (Å²) in [5.74, 6) is 5.28. The topological polar surface area (TPSA) is 71.1 Å². The third kappa shape index (κ3) is 6.55. The Bertz CT molecular complexity index is 475. The van der Waals surface area contributed by atoms with Crippen LogP contribution < -0.4 is 11.2 Å². The van der Waals surface area contributed by atoms with Crippen molar-refractivity contribution in [2.75, 3.05) is 6.61 Å². The molecule has 0 bridgehead atoms. The fourth-order valence-corrected chi connectivity index (χ4v) is 2.66. The lowest BCUT2D eigenvalue weighted by molar-refractivity contribution is 0.0799. The molecule has 4 N–H and O–H groups in total. The lowest BCUT2D eigenvalue weighted by atomic mass is 9.98. The molecule has 0 aliphatic heterocycles. The monoisotopic (exact) mass is 319 g/mol. The van der Waals surface area contributed by atoms with E-state index in [1.54, 1.807) is 0 Å². The smallest absolute Gasteiger partial charge is 0.0915 e. The molecule has 2 rings (SSSR count). The highest BCUT2D eigenvalue weighted by molar-refractivity contribution is 5.96. The third-order valence-corrected chi connectivity index (χ3v) is 3.54. The van der Waals surface area contributed by atoms with Gasteiger partial charge < -0.3 is 15.6 Å². The highest BCUT2D eigenvalue weighted by Gasteiger charge is 2.39. The van der Waals surface area contributed by atoms with E-state index in [2.05, 4.69) is 11.4 Å². The second-order valence-corrected chi connectivity index (χ2v) is 5.10. The summed E-state index contributed by atoms with van der Waals surface area (Å²) < 4.78 is 0. The molecule has 130 valence electrons. The SMILES string of the molecule is C/C=C\C=C/NC1(CON)CC2=CCC(=N)C=C2C1.CC.CC. The molecule has 4 heteroatoms. The fraction of sp³-hybridized carbons (Fsp3) is 0.526. The zero-order valence-electron chi connectivity index (χ0n) is 15.3. The van der Waals surface area contributed by atoms with Gasteiger partial charge in [0.1, 0.15) is 0 Å². The van der Waals surface area contributed by atoms with Crippen molar-refractivity contribution in [2.24, 2.45) is 5.90 Å². The van der Waals surface area contributed by atoms with E-state index in [1.165, 1.54) is 11.1 Å². The van der Waals surface area contributed by atoms with E-state index < -0.39 is 0 Å². The predicted molar refractivity (Wildman–Crippen MR) is 100 cm³/mol. The first kappa shape index (κ1) is 21.4. The molecule has 1 saturated carbocycles. The Kier molecular flexibility index (Phi) is 11.0. The first-order chi connectivity index (χ1) is 11.2. The predicted octanol–water partition coefficient (Wildman–Crippen LogP) is 4.42. The first-order valence-corrected chi connectivity index (χ1v) is 8.54. The number of hydrogen-bond donors (Lipinski definition) is 3. The minimum absolute atomic E-state index is 0.185. The van der Waals surface area contributed by atoms with Crippen LogP contribution in [0.3, 0.4) is 0 Å². The van der Waals surface area contributed by atoms with E-state index in [9.17, 15) is 0 Å². The third-order valence-electron chi connectivity index (χ3n) is 3.54. The summed E-state index contributed by atoms with van der Waals surface area (Å²) in [6, 6.07) is 0. The molecule has 0 heterocycles. The van der Waals surface area contributed by atoms with E-state index >= 15 is 0 Å². The summed E-state index contributed by atoms with van der Waals surface area (Å²) in [5.41, 5.74) is 3.04. The summed E-state index contributed by atoms with van der Waals surface area (Å²) in [7, 11) is 0. The van der Waals surface area contributed by atoms with Gasteiger partial charge >= 0.3 is 0 Å². The first-order valence-electron chi connectivity index (χ1n) is 8.54. The van der Waals surface area contributed by atoms with Crippen LogP contribution in [0.4, 0.5) is 0 Å². The lowest BCUT2D eigenvalue weighted by Crippen LogP contribution is -2.44. The van der Waals surface area contributed by atoms with Crippen molar-refractivity contribution in [1.82, 2.24) is 5.32 Å². The van der Waals surface area contributed by atoms with Crippen molar-refractivity contribution in [2.45, 2.75) is 59.4 Å². The summed E-state index contributed by atoms with van der Waals surface area (Å²) >= 11 is 0. The molecular formula is C19H33N3O. The van der Waals surface area contributed by atoms with Crippen LogP contribution in [0.5, 0.6) is 0 Å². The molecular weight excluding hydrogens is 286 g/mol. The van der Waals surface area contributed by atoms with Gasteiger partial charge in [-0.15, -0.1) is 0 Å². The van der Waals surface area contributed by atoms with E-state index in [-0.39, 0.29) is 5.54 Å². The molecule has 1 fully saturated rings. The standard InChI is InChI=1S/C15H21N3O.2C2H6/c1-2-3-4-7-18-15(11-19-17)9-12-5-6-14(16)8-13(12)10-15;2*1-2/h2-5,7-8,16,18H,6,9-11,17H2,1H3;2*1-2H3/b3-2-,7-4-,16-14?;;. The maximum atomic E-state index is 7.74. The van der Waals surface area contributed by atoms with E-state index in [0.29, 0.717) is 12.3 Å². The molecule has 2 aliphatic rings. The average molecular weight is 319 g/mol. The minimum Gasteiger partial charge on any atom is -0.382 e. The van der Waals surface area contributed by atoms with Gasteiger partial charge in [0.2, 0.25) is 0 Å². The highest BCUT2D eigenvalue weighted by atomic mass is 16.6. The second kappa shape index (κ2) is 11.9. The van der Waals surface area contributed by atoms with E-state index in [0.717, 1.165) is 19.3 Å². The summed E-state index contributed by atoms with van der Waals surface area (Å²) in [4.78, 5) is 4.90. The maximum Gasteiger partial charge on any atom is 0.0915 e. The zero-order valence-corrected chi connectivity index (χ0v) is 15.3. The summed E-state index contributed by atoms with van der Waals surface area (Å²) in [6.45, 7) is 10.4. The zero-order chi connectivity index (χ0) is 17.7. The Morgan fingerprint density at radius 2 is 1.87 bits per heavy atom. The van der Waals surface area contributed by atoms with Crippen molar-refractivity contribution in [3.8, 4) is 0 Å². The molecule has 1 unspecified atom stereocenters. The van der Waals surface area contributed by atoms with Crippen molar-refractivity contribution in [3.05, 3.63) is 47.7 Å². The number of nitrogens with one attached hydrogen (secondary N) is 2. The van der Waals surface area contributed by atoms with Crippen LogP contribution >= 0.6 is 0 Å². The Morgan fingerprint density at radius 3 is 2.48 bits per heavy atom. The van der Waals surface area contributed by atoms with Crippen LogP contribution in [0.25, 0.3) is 0 Å². The van der Waals surface area contributed by atoms with Gasteiger partial charge in [-0.1, -0.05) is 45.9 Å². The molecule has 0 saturated heterocycles. The number of allylic oxidation sites excluding steroid dienone is 5. The van der Waals surface area contributed by atoms with Crippen LogP contribution in [-0.4, -0.2) is 17.9 Å². The molecule has 0 aromatic carbocycles. The van der Waals surface area contributed by atoms with Gasteiger partial charge in [-0.3, -0.25) is 0 Å². The van der Waals surface area contributed by atoms with E-state index in [4.69, 9.17) is 16.1 Å². The average Bonchev–Trinajstić information content (AvgIpc) is 2.93. The van der Waals surface area contributed by atoms with Crippen molar-refractivity contribution in [3.63, 3.8) is 0 Å². The van der Waals surface area contributed by atoms with Crippen molar-refractivity contribution >= 4 is 5.71 Å². The number of nitrogens with two attached hydrogens (primary N) is 1. The van der Waals surface area contributed by atoms with Crippen LogP contribution in [0, 0.1) is 5.41 Å². The summed E-state index contributed by atoms with van der Waals surface area (Å²) in [5, 5.41) is 11.2. The Labute approximate surface area is 141 Å². The fourth-order valence-electron chi connectivity index (χ4n) is 2.66. The number of hydrogen-bond acceptors (Lipinski definition) is 4. The molecule has 2 aliphatic carbocycles. The van der Waals surface area contributed by atoms with Crippen molar-refractivity contribution < 1.29 is 4.84 Å². The van der Waals surface area contributed by atoms with Gasteiger partial charge in [-0.05, 0) is 49.3 Å². The Balaban J connectivity index is 0.00000112. The Hall–Kier alpha value is -1.65. The van der Waals surface area contributed by atoms with Gasteiger partial charge in [0.15, 0.2) is 0 Å². The Morgan fingerprint density at radius 1 is 1.22 bits per heavy atom. The molecule has 23 heavy (non-hydrogen) atoms. The van der Waals surface area contributed by atoms with Gasteiger partial charge in [-0.2, -0.15) is 0 Å². The largest absolute Gasteiger partial charge is 0.382 e. The summed E-state index contributed by atoms with van der Waals surface area (Å²) in [6.07, 6.45) is 14.4. The minimum atomic E-state index is -0.185. The van der Waals surface area contributed by atoms with E-state index in [1.807, 2.05) is 65.1 Å². The molecule has 0 aromatic rings. The normalized spacial score (nSPS) is 22.6. The lowest BCUT2D eigenvalue weighted by Gasteiger charge is -2.27. The molecule has 0 spiro atoms. The molecule has 4 nitrogen and oxygen atoms in total. The number of fused-ring (bicyclic) bond motifs is 1. The number of rotatable bonds is 5. The molecule has 0 amide bonds. The van der Waals surface area contributed by atoms with Gasteiger partial charge in [0.05, 0.1) is 12.1 Å². The molecule has 0 radical (unpaired) electrons. The van der Waals surface area contributed by atoms with Crippen molar-refractivity contribution in [1.29, 1.82) is 5.41 Å². The highest BCUT2D eigenvalue weighted by Crippen LogP contribution is 2.40. The molecule has 1 atom stereocenters. The van der Waals surface area contributed by atoms with Gasteiger partial charge in [0.25, 0.3) is 0 Å². The second-order valence-electron chi connectivity index (χ2n) is 5.10. The maximum absolute atomic E-state index is 7.74. The van der Waals surface area contributed by atoms with Crippen LogP contribution in [0.1, 0.15) is 53.9 Å². The van der Waals surface area contributed by atoms with Crippen LogP contribution in [0.2, 0.25) is 0 Å². The van der Waals surface area contributed by atoms with Crippen LogP contribution in [-0.2, 0) is 4.84 Å². The van der Waals surface area contributed by atoms with Crippen LogP contribution in [0.15, 0.2) is 47.7 Å².